The van der Waals surface area contributed by atoms with Crippen LogP contribution in [-0.2, 0) is 6.18 Å². The molecule has 1 heterocycles. The Morgan fingerprint density at radius 3 is 2.37 bits per heavy atom. The minimum atomic E-state index is -4.77. The van der Waals surface area contributed by atoms with Crippen molar-refractivity contribution in [3.8, 4) is 11.8 Å². The van der Waals surface area contributed by atoms with Crippen molar-refractivity contribution in [1.29, 1.82) is 5.26 Å². The van der Waals surface area contributed by atoms with Crippen LogP contribution in [0.4, 0.5) is 18.9 Å². The average Bonchev–Trinajstić information content (AvgIpc) is 3.44. The average molecular weight is 560 g/mol. The number of hydrogen-bond donors (Lipinski definition) is 3. The van der Waals surface area contributed by atoms with Crippen molar-refractivity contribution < 1.29 is 23.1 Å². The molecule has 41 heavy (non-hydrogen) atoms. The SMILES string of the molecule is N#Cc1cccc(-n2nc(C(F)(F)F)cc2C(=O)Nc2cccc(C(NC3CCC(O)CC3)c3ccccc3)c2)c1. The van der Waals surface area contributed by atoms with Crippen LogP contribution in [0.1, 0.15) is 64.6 Å². The quantitative estimate of drug-likeness (QED) is 0.258. The fourth-order valence-corrected chi connectivity index (χ4v) is 5.09. The first-order valence-corrected chi connectivity index (χ1v) is 13.3. The van der Waals surface area contributed by atoms with E-state index in [2.05, 4.69) is 15.7 Å². The molecule has 1 amide bonds. The van der Waals surface area contributed by atoms with E-state index in [1.807, 2.05) is 42.5 Å². The first-order chi connectivity index (χ1) is 19.7. The number of amides is 1. The van der Waals surface area contributed by atoms with E-state index in [1.165, 1.54) is 24.3 Å². The number of rotatable bonds is 7. The molecule has 0 spiro atoms. The van der Waals surface area contributed by atoms with E-state index in [4.69, 9.17) is 0 Å². The molecule has 10 heteroatoms. The van der Waals surface area contributed by atoms with Gasteiger partial charge in [0.15, 0.2) is 5.69 Å². The molecule has 5 rings (SSSR count). The summed E-state index contributed by atoms with van der Waals surface area (Å²) in [4.78, 5) is 13.4. The van der Waals surface area contributed by atoms with Crippen LogP contribution in [0.2, 0.25) is 0 Å². The molecule has 0 bridgehead atoms. The van der Waals surface area contributed by atoms with Gasteiger partial charge in [0, 0.05) is 17.8 Å². The van der Waals surface area contributed by atoms with Crippen molar-refractivity contribution in [1.82, 2.24) is 15.1 Å². The zero-order valence-electron chi connectivity index (χ0n) is 22.0. The molecule has 1 aliphatic rings. The lowest BCUT2D eigenvalue weighted by Gasteiger charge is -2.31. The second kappa shape index (κ2) is 12.0. The topological polar surface area (TPSA) is 103 Å². The molecule has 3 N–H and O–H groups in total. The highest BCUT2D eigenvalue weighted by molar-refractivity contribution is 6.03. The van der Waals surface area contributed by atoms with Crippen molar-refractivity contribution >= 4 is 11.6 Å². The molecular weight excluding hydrogens is 531 g/mol. The van der Waals surface area contributed by atoms with Crippen LogP contribution >= 0.6 is 0 Å². The van der Waals surface area contributed by atoms with Gasteiger partial charge in [0.2, 0.25) is 0 Å². The Morgan fingerprint density at radius 1 is 0.951 bits per heavy atom. The first-order valence-electron chi connectivity index (χ1n) is 13.3. The highest BCUT2D eigenvalue weighted by Crippen LogP contribution is 2.31. The molecule has 1 fully saturated rings. The van der Waals surface area contributed by atoms with E-state index in [-0.39, 0.29) is 35.1 Å². The number of aliphatic hydroxyl groups excluding tert-OH is 1. The summed E-state index contributed by atoms with van der Waals surface area (Å²) in [6.45, 7) is 0. The number of halogens is 3. The molecule has 210 valence electrons. The third-order valence-corrected chi connectivity index (χ3v) is 7.16. The van der Waals surface area contributed by atoms with E-state index in [0.717, 1.165) is 41.5 Å². The lowest BCUT2D eigenvalue weighted by atomic mass is 9.90. The number of carbonyl (C=O) groups excluding carboxylic acids is 1. The van der Waals surface area contributed by atoms with Crippen LogP contribution in [0.5, 0.6) is 0 Å². The highest BCUT2D eigenvalue weighted by atomic mass is 19.4. The maximum absolute atomic E-state index is 13.6. The van der Waals surface area contributed by atoms with Crippen LogP contribution in [0.3, 0.4) is 0 Å². The summed E-state index contributed by atoms with van der Waals surface area (Å²) in [6, 6.07) is 25.5. The number of aliphatic hydroxyl groups is 1. The second-order valence-electron chi connectivity index (χ2n) is 10.1. The van der Waals surface area contributed by atoms with Crippen LogP contribution in [0.25, 0.3) is 5.69 Å². The van der Waals surface area contributed by atoms with Crippen LogP contribution in [-0.4, -0.2) is 32.9 Å². The van der Waals surface area contributed by atoms with Gasteiger partial charge >= 0.3 is 6.18 Å². The van der Waals surface area contributed by atoms with Crippen molar-refractivity contribution in [2.75, 3.05) is 5.32 Å². The number of anilines is 1. The number of benzene rings is 3. The first kappa shape index (κ1) is 28.1. The molecule has 1 aromatic heterocycles. The molecule has 7 nitrogen and oxygen atoms in total. The predicted octanol–water partition coefficient (Wildman–Crippen LogP) is 6.00. The van der Waals surface area contributed by atoms with Gasteiger partial charge in [0.1, 0.15) is 5.69 Å². The Balaban J connectivity index is 1.45. The Labute approximate surface area is 235 Å². The molecule has 0 radical (unpaired) electrons. The summed E-state index contributed by atoms with van der Waals surface area (Å²) in [5.74, 6) is -0.780. The van der Waals surface area contributed by atoms with Gasteiger partial charge in [0.05, 0.1) is 29.5 Å². The fourth-order valence-electron chi connectivity index (χ4n) is 5.09. The Hall–Kier alpha value is -4.46. The van der Waals surface area contributed by atoms with Gasteiger partial charge in [-0.1, -0.05) is 48.5 Å². The number of nitrogens with zero attached hydrogens (tertiary/aromatic N) is 3. The summed E-state index contributed by atoms with van der Waals surface area (Å²) in [6.07, 6.45) is -1.94. The summed E-state index contributed by atoms with van der Waals surface area (Å²) in [7, 11) is 0. The molecule has 0 aliphatic heterocycles. The zero-order valence-corrected chi connectivity index (χ0v) is 22.0. The second-order valence-corrected chi connectivity index (χ2v) is 10.1. The summed E-state index contributed by atoms with van der Waals surface area (Å²) >= 11 is 0. The van der Waals surface area contributed by atoms with E-state index in [1.54, 1.807) is 18.2 Å². The van der Waals surface area contributed by atoms with Gasteiger partial charge in [-0.2, -0.15) is 23.5 Å². The standard InChI is InChI=1S/C31H28F3N5O2/c32-31(33,34)28-18-27(39(38-28)25-11-4-6-20(16-25)19-35)30(41)37-24-10-5-9-22(17-24)29(21-7-2-1-3-8-21)36-23-12-14-26(40)15-13-23/h1-11,16-18,23,26,29,36,40H,12-15H2,(H,37,41). The summed E-state index contributed by atoms with van der Waals surface area (Å²) in [5, 5.41) is 29.2. The van der Waals surface area contributed by atoms with Gasteiger partial charge in [-0.15, -0.1) is 0 Å². The fraction of sp³-hybridized carbons (Fsp3) is 0.258. The predicted molar refractivity (Wildman–Crippen MR) is 147 cm³/mol. The number of nitrogens with one attached hydrogen (secondary N) is 2. The van der Waals surface area contributed by atoms with Crippen molar-refractivity contribution in [2.45, 2.75) is 50.0 Å². The van der Waals surface area contributed by atoms with Gasteiger partial charge < -0.3 is 15.7 Å². The van der Waals surface area contributed by atoms with Gasteiger partial charge in [-0.25, -0.2) is 4.68 Å². The van der Waals surface area contributed by atoms with Crippen LogP contribution in [0, 0.1) is 11.3 Å². The highest BCUT2D eigenvalue weighted by Gasteiger charge is 2.36. The van der Waals surface area contributed by atoms with Crippen LogP contribution < -0.4 is 10.6 Å². The van der Waals surface area contributed by atoms with E-state index >= 15 is 0 Å². The zero-order chi connectivity index (χ0) is 29.0. The molecule has 1 saturated carbocycles. The molecular formula is C31H28F3N5O2. The van der Waals surface area contributed by atoms with Gasteiger partial charge in [-0.3, -0.25) is 4.79 Å². The number of nitriles is 1. The Morgan fingerprint density at radius 2 is 1.66 bits per heavy atom. The third kappa shape index (κ3) is 6.65. The number of aromatic nitrogens is 2. The van der Waals surface area contributed by atoms with E-state index in [0.29, 0.717) is 11.8 Å². The normalized spacial score (nSPS) is 17.9. The smallest absolute Gasteiger partial charge is 0.393 e. The van der Waals surface area contributed by atoms with E-state index < -0.39 is 17.8 Å². The monoisotopic (exact) mass is 559 g/mol. The molecule has 0 saturated heterocycles. The molecule has 1 unspecified atom stereocenters. The summed E-state index contributed by atoms with van der Waals surface area (Å²) in [5.41, 5.74) is 1.13. The third-order valence-electron chi connectivity index (χ3n) is 7.16. The molecule has 1 aliphatic carbocycles. The van der Waals surface area contributed by atoms with E-state index in [9.17, 15) is 28.3 Å². The van der Waals surface area contributed by atoms with Crippen molar-refractivity contribution in [2.24, 2.45) is 0 Å². The minimum Gasteiger partial charge on any atom is -0.393 e. The minimum absolute atomic E-state index is 0.157. The maximum Gasteiger partial charge on any atom is 0.435 e. The summed E-state index contributed by atoms with van der Waals surface area (Å²) < 4.78 is 41.6. The lowest BCUT2D eigenvalue weighted by molar-refractivity contribution is -0.141. The molecule has 1 atom stereocenters. The van der Waals surface area contributed by atoms with Crippen molar-refractivity contribution in [3.05, 3.63) is 113 Å². The van der Waals surface area contributed by atoms with Crippen LogP contribution in [0.15, 0.2) is 84.9 Å². The number of alkyl halides is 3. The Bertz CT molecular complexity index is 1550. The Kier molecular flexibility index (Phi) is 8.19. The largest absolute Gasteiger partial charge is 0.435 e. The lowest BCUT2D eigenvalue weighted by Crippen LogP contribution is -2.37. The van der Waals surface area contributed by atoms with Gasteiger partial charge in [0.25, 0.3) is 5.91 Å². The number of carbonyl (C=O) groups is 1. The maximum atomic E-state index is 13.6. The molecule has 3 aromatic carbocycles. The van der Waals surface area contributed by atoms with Crippen molar-refractivity contribution in [3.63, 3.8) is 0 Å². The molecule has 4 aromatic rings. The number of hydrogen-bond acceptors (Lipinski definition) is 5. The van der Waals surface area contributed by atoms with Gasteiger partial charge in [-0.05, 0) is 67.1 Å².